The van der Waals surface area contributed by atoms with E-state index >= 15 is 0 Å². The van der Waals surface area contributed by atoms with Crippen LogP contribution in [0.1, 0.15) is 96.0 Å². The first kappa shape index (κ1) is 24.0. The van der Waals surface area contributed by atoms with E-state index in [0.717, 1.165) is 37.5 Å². The third-order valence-corrected chi connectivity index (χ3v) is 7.81. The second-order valence-electron chi connectivity index (χ2n) is 9.66. The molecule has 1 aromatic carbocycles. The number of halogens is 2. The number of carboxylic acids is 1. The molecule has 174 valence electrons. The zero-order valence-corrected chi connectivity index (χ0v) is 19.0. The Morgan fingerprint density at radius 1 is 1.00 bits per heavy atom. The van der Waals surface area contributed by atoms with Crippen molar-refractivity contribution in [3.05, 3.63) is 29.3 Å². The predicted molar refractivity (Wildman–Crippen MR) is 118 cm³/mol. The molecule has 3 nitrogen and oxygen atoms in total. The van der Waals surface area contributed by atoms with Crippen molar-refractivity contribution >= 4 is 5.97 Å². The van der Waals surface area contributed by atoms with E-state index in [0.29, 0.717) is 5.92 Å². The summed E-state index contributed by atoms with van der Waals surface area (Å²) in [5, 5.41) is 9.46. The number of carboxylic acid groups (broad SMARTS) is 1. The fourth-order valence-corrected chi connectivity index (χ4v) is 6.19. The summed E-state index contributed by atoms with van der Waals surface area (Å²) in [6, 6.07) is 2.96. The van der Waals surface area contributed by atoms with Gasteiger partial charge in [0.15, 0.2) is 11.6 Å². The molecule has 1 aromatic rings. The Morgan fingerprint density at radius 3 is 2.16 bits per heavy atom. The highest BCUT2D eigenvalue weighted by Crippen LogP contribution is 2.46. The van der Waals surface area contributed by atoms with Crippen LogP contribution in [0, 0.1) is 35.3 Å². The molecule has 0 saturated heterocycles. The molecule has 0 heterocycles. The van der Waals surface area contributed by atoms with E-state index in [-0.39, 0.29) is 30.3 Å². The van der Waals surface area contributed by atoms with E-state index in [2.05, 4.69) is 6.92 Å². The fourth-order valence-electron chi connectivity index (χ4n) is 6.19. The van der Waals surface area contributed by atoms with Crippen LogP contribution < -0.4 is 4.74 Å². The van der Waals surface area contributed by atoms with Gasteiger partial charge in [0.2, 0.25) is 5.82 Å². The minimum absolute atomic E-state index is 0.0793. The molecule has 2 aliphatic carbocycles. The molecular formula is C26H38F2O3. The molecule has 2 aliphatic rings. The molecule has 2 saturated carbocycles. The zero-order chi connectivity index (χ0) is 22.4. The SMILES string of the molecule is CCCC1CCC(C2CCC(C(CC(=O)O)c3ccc(OCC)c(F)c3F)CC2)CC1. The van der Waals surface area contributed by atoms with E-state index in [4.69, 9.17) is 4.74 Å². The Morgan fingerprint density at radius 2 is 1.61 bits per heavy atom. The van der Waals surface area contributed by atoms with Gasteiger partial charge in [-0.2, -0.15) is 4.39 Å². The quantitative estimate of drug-likeness (QED) is 0.441. The summed E-state index contributed by atoms with van der Waals surface area (Å²) in [6.45, 7) is 4.23. The van der Waals surface area contributed by atoms with Crippen LogP contribution in [-0.2, 0) is 4.79 Å². The summed E-state index contributed by atoms with van der Waals surface area (Å²) < 4.78 is 34.5. The Bertz CT molecular complexity index is 720. The number of hydrogen-bond acceptors (Lipinski definition) is 2. The molecule has 1 atom stereocenters. The van der Waals surface area contributed by atoms with Gasteiger partial charge in [-0.1, -0.05) is 38.7 Å². The summed E-state index contributed by atoms with van der Waals surface area (Å²) >= 11 is 0. The molecular weight excluding hydrogens is 398 g/mol. The topological polar surface area (TPSA) is 46.5 Å². The lowest BCUT2D eigenvalue weighted by molar-refractivity contribution is -0.137. The molecule has 2 fully saturated rings. The summed E-state index contributed by atoms with van der Waals surface area (Å²) in [7, 11) is 0. The van der Waals surface area contributed by atoms with Crippen LogP contribution in [0.25, 0.3) is 0 Å². The lowest BCUT2D eigenvalue weighted by Gasteiger charge is -2.39. The Kier molecular flexibility index (Phi) is 8.74. The van der Waals surface area contributed by atoms with Crippen molar-refractivity contribution in [3.8, 4) is 5.75 Å². The summed E-state index contributed by atoms with van der Waals surface area (Å²) in [5.74, 6) is -1.07. The van der Waals surface area contributed by atoms with Gasteiger partial charge in [-0.3, -0.25) is 4.79 Å². The number of aliphatic carboxylic acids is 1. The second-order valence-corrected chi connectivity index (χ2v) is 9.66. The maximum atomic E-state index is 14.9. The van der Waals surface area contributed by atoms with Crippen molar-refractivity contribution in [1.82, 2.24) is 0 Å². The number of carbonyl (C=O) groups is 1. The van der Waals surface area contributed by atoms with Gasteiger partial charge in [0.1, 0.15) is 0 Å². The molecule has 0 radical (unpaired) electrons. The van der Waals surface area contributed by atoms with Crippen LogP contribution in [-0.4, -0.2) is 17.7 Å². The monoisotopic (exact) mass is 436 g/mol. The maximum Gasteiger partial charge on any atom is 0.303 e. The number of benzene rings is 1. The highest BCUT2D eigenvalue weighted by Gasteiger charge is 2.36. The van der Waals surface area contributed by atoms with Gasteiger partial charge < -0.3 is 9.84 Å². The van der Waals surface area contributed by atoms with Crippen LogP contribution >= 0.6 is 0 Å². The first-order valence-corrected chi connectivity index (χ1v) is 12.3. The van der Waals surface area contributed by atoms with Gasteiger partial charge in [0, 0.05) is 5.92 Å². The van der Waals surface area contributed by atoms with E-state index < -0.39 is 23.5 Å². The smallest absolute Gasteiger partial charge is 0.303 e. The maximum absolute atomic E-state index is 14.9. The lowest BCUT2D eigenvalue weighted by atomic mass is 9.66. The predicted octanol–water partition coefficient (Wildman–Crippen LogP) is 7.33. The minimum Gasteiger partial charge on any atom is -0.491 e. The van der Waals surface area contributed by atoms with Gasteiger partial charge >= 0.3 is 5.97 Å². The zero-order valence-electron chi connectivity index (χ0n) is 19.0. The van der Waals surface area contributed by atoms with Crippen molar-refractivity contribution in [3.63, 3.8) is 0 Å². The van der Waals surface area contributed by atoms with Crippen molar-refractivity contribution in [2.45, 2.75) is 90.4 Å². The average Bonchev–Trinajstić information content (AvgIpc) is 2.77. The number of rotatable bonds is 9. The van der Waals surface area contributed by atoms with Gasteiger partial charge in [0.25, 0.3) is 0 Å². The van der Waals surface area contributed by atoms with E-state index in [9.17, 15) is 18.7 Å². The van der Waals surface area contributed by atoms with E-state index in [1.807, 2.05) is 0 Å². The van der Waals surface area contributed by atoms with Crippen molar-refractivity contribution in [2.24, 2.45) is 23.7 Å². The van der Waals surface area contributed by atoms with E-state index in [1.54, 1.807) is 6.92 Å². The summed E-state index contributed by atoms with van der Waals surface area (Å²) in [5.41, 5.74) is 0.187. The Balaban J connectivity index is 1.66. The molecule has 3 rings (SSSR count). The number of hydrogen-bond donors (Lipinski definition) is 1. The molecule has 1 unspecified atom stereocenters. The third-order valence-electron chi connectivity index (χ3n) is 7.81. The van der Waals surface area contributed by atoms with Gasteiger partial charge in [-0.25, -0.2) is 4.39 Å². The van der Waals surface area contributed by atoms with Crippen LogP contribution in [0.2, 0.25) is 0 Å². The summed E-state index contributed by atoms with van der Waals surface area (Å²) in [6.07, 6.45) is 11.7. The van der Waals surface area contributed by atoms with Crippen LogP contribution in [0.4, 0.5) is 8.78 Å². The molecule has 0 bridgehead atoms. The minimum atomic E-state index is -1.01. The van der Waals surface area contributed by atoms with Crippen molar-refractivity contribution < 1.29 is 23.4 Å². The molecule has 0 aliphatic heterocycles. The average molecular weight is 437 g/mol. The fraction of sp³-hybridized carbons (Fsp3) is 0.731. The molecule has 0 spiro atoms. The lowest BCUT2D eigenvalue weighted by Crippen LogP contribution is -2.28. The van der Waals surface area contributed by atoms with Crippen LogP contribution in [0.15, 0.2) is 12.1 Å². The molecule has 1 N–H and O–H groups in total. The van der Waals surface area contributed by atoms with Crippen LogP contribution in [0.3, 0.4) is 0 Å². The standard InChI is InChI=1S/C26H38F2O3/c1-3-5-17-6-8-18(9-7-17)19-10-12-20(13-11-19)22(16-24(29)30)21-14-15-23(31-4-2)26(28)25(21)27/h14-15,17-20,22H,3-13,16H2,1-2H3,(H,29,30). The second kappa shape index (κ2) is 11.3. The highest BCUT2D eigenvalue weighted by atomic mass is 19.2. The van der Waals surface area contributed by atoms with Crippen molar-refractivity contribution in [1.29, 1.82) is 0 Å². The molecule has 5 heteroatoms. The van der Waals surface area contributed by atoms with Crippen molar-refractivity contribution in [2.75, 3.05) is 6.61 Å². The van der Waals surface area contributed by atoms with Gasteiger partial charge in [-0.15, -0.1) is 0 Å². The van der Waals surface area contributed by atoms with E-state index in [1.165, 1.54) is 50.7 Å². The van der Waals surface area contributed by atoms with Gasteiger partial charge in [0.05, 0.1) is 13.0 Å². The highest BCUT2D eigenvalue weighted by molar-refractivity contribution is 5.68. The molecule has 0 amide bonds. The van der Waals surface area contributed by atoms with Crippen LogP contribution in [0.5, 0.6) is 5.75 Å². The first-order chi connectivity index (χ1) is 14.9. The molecule has 0 aromatic heterocycles. The Labute approximate surface area is 185 Å². The summed E-state index contributed by atoms with van der Waals surface area (Å²) in [4.78, 5) is 11.5. The first-order valence-electron chi connectivity index (χ1n) is 12.3. The van der Waals surface area contributed by atoms with Gasteiger partial charge in [-0.05, 0) is 80.8 Å². The molecule has 31 heavy (non-hydrogen) atoms. The largest absolute Gasteiger partial charge is 0.491 e. The normalized spacial score (nSPS) is 27.6. The third kappa shape index (κ3) is 5.98. The Hall–Kier alpha value is -1.65. The number of ether oxygens (including phenoxy) is 1.